The molecule has 0 unspecified atom stereocenters. The zero-order valence-corrected chi connectivity index (χ0v) is 11.2. The molecule has 2 heteroatoms. The van der Waals surface area contributed by atoms with Crippen LogP contribution in [-0.4, -0.2) is 11.4 Å². The Bertz CT molecular complexity index is 392. The summed E-state index contributed by atoms with van der Waals surface area (Å²) in [5, 5.41) is 9.45. The van der Waals surface area contributed by atoms with Gasteiger partial charge in [-0.05, 0) is 41.9 Å². The van der Waals surface area contributed by atoms with Gasteiger partial charge in [-0.1, -0.05) is 33.8 Å². The lowest BCUT2D eigenvalue weighted by atomic mass is 9.79. The number of hydrogen-bond acceptors (Lipinski definition) is 2. The molecule has 0 saturated heterocycles. The van der Waals surface area contributed by atoms with Crippen molar-refractivity contribution in [3.05, 3.63) is 29.3 Å². The highest BCUT2D eigenvalue weighted by molar-refractivity contribution is 5.79. The van der Waals surface area contributed by atoms with E-state index >= 15 is 0 Å². The van der Waals surface area contributed by atoms with E-state index in [4.69, 9.17) is 0 Å². The normalized spacial score (nSPS) is 11.8. The van der Waals surface area contributed by atoms with Crippen molar-refractivity contribution >= 4 is 6.29 Å². The smallest absolute Gasteiger partial charge is 0.153 e. The summed E-state index contributed by atoms with van der Waals surface area (Å²) in [6.07, 6.45) is 2.77. The van der Waals surface area contributed by atoms with Gasteiger partial charge in [-0.15, -0.1) is 0 Å². The van der Waals surface area contributed by atoms with Crippen molar-refractivity contribution in [1.82, 2.24) is 0 Å². The zero-order chi connectivity index (χ0) is 13.1. The Morgan fingerprint density at radius 1 is 1.35 bits per heavy atom. The summed E-state index contributed by atoms with van der Waals surface area (Å²) in [6, 6.07) is 5.28. The van der Waals surface area contributed by atoms with E-state index in [0.717, 1.165) is 18.4 Å². The van der Waals surface area contributed by atoms with Gasteiger partial charge in [0.15, 0.2) is 6.29 Å². The first-order valence-electron chi connectivity index (χ1n) is 6.11. The van der Waals surface area contributed by atoms with E-state index in [1.54, 1.807) is 12.1 Å². The molecule has 0 heterocycles. The van der Waals surface area contributed by atoms with Crippen molar-refractivity contribution in [2.45, 2.75) is 40.5 Å². The monoisotopic (exact) mass is 234 g/mol. The second kappa shape index (κ2) is 5.35. The van der Waals surface area contributed by atoms with Gasteiger partial charge in [-0.3, -0.25) is 4.79 Å². The number of hydrogen-bond donors (Lipinski definition) is 1. The van der Waals surface area contributed by atoms with Crippen molar-refractivity contribution in [1.29, 1.82) is 0 Å². The second-order valence-electron chi connectivity index (χ2n) is 5.95. The SMILES string of the molecule is CC(C)CC(C)(C)Cc1ccc(O)c(C=O)c1. The lowest BCUT2D eigenvalue weighted by Gasteiger charge is -2.27. The van der Waals surface area contributed by atoms with Gasteiger partial charge in [0.2, 0.25) is 0 Å². The molecular weight excluding hydrogens is 212 g/mol. The van der Waals surface area contributed by atoms with E-state index in [0.29, 0.717) is 17.8 Å². The Labute approximate surface area is 104 Å². The quantitative estimate of drug-likeness (QED) is 0.786. The van der Waals surface area contributed by atoms with Crippen LogP contribution in [0.2, 0.25) is 0 Å². The Morgan fingerprint density at radius 3 is 2.53 bits per heavy atom. The van der Waals surface area contributed by atoms with Gasteiger partial charge in [-0.2, -0.15) is 0 Å². The van der Waals surface area contributed by atoms with Crippen LogP contribution in [0.1, 0.15) is 50.0 Å². The van der Waals surface area contributed by atoms with Crippen LogP contribution in [0.25, 0.3) is 0 Å². The molecule has 0 aliphatic rings. The van der Waals surface area contributed by atoms with E-state index in [2.05, 4.69) is 27.7 Å². The van der Waals surface area contributed by atoms with E-state index in [9.17, 15) is 9.90 Å². The Kier molecular flexibility index (Phi) is 4.33. The van der Waals surface area contributed by atoms with Crippen molar-refractivity contribution in [2.24, 2.45) is 11.3 Å². The topological polar surface area (TPSA) is 37.3 Å². The lowest BCUT2D eigenvalue weighted by molar-refractivity contribution is 0.112. The first-order valence-corrected chi connectivity index (χ1v) is 6.11. The molecule has 0 aliphatic heterocycles. The minimum Gasteiger partial charge on any atom is -0.507 e. The molecule has 0 radical (unpaired) electrons. The Morgan fingerprint density at radius 2 is 2.00 bits per heavy atom. The number of carbonyl (C=O) groups is 1. The van der Waals surface area contributed by atoms with Crippen LogP contribution >= 0.6 is 0 Å². The van der Waals surface area contributed by atoms with E-state index in [1.807, 2.05) is 6.07 Å². The minimum absolute atomic E-state index is 0.0606. The van der Waals surface area contributed by atoms with E-state index in [-0.39, 0.29) is 11.2 Å². The third-order valence-electron chi connectivity index (χ3n) is 2.86. The minimum atomic E-state index is 0.0606. The molecule has 1 aromatic carbocycles. The summed E-state index contributed by atoms with van der Waals surface area (Å²) >= 11 is 0. The molecular formula is C15H22O2. The van der Waals surface area contributed by atoms with Crippen LogP contribution in [0.15, 0.2) is 18.2 Å². The molecule has 0 spiro atoms. The van der Waals surface area contributed by atoms with Gasteiger partial charge in [-0.25, -0.2) is 0 Å². The van der Waals surface area contributed by atoms with Crippen LogP contribution in [0, 0.1) is 11.3 Å². The van der Waals surface area contributed by atoms with E-state index in [1.165, 1.54) is 0 Å². The number of rotatable bonds is 5. The predicted octanol–water partition coefficient (Wildman–Crippen LogP) is 3.82. The molecule has 1 rings (SSSR count). The van der Waals surface area contributed by atoms with Crippen molar-refractivity contribution in [3.63, 3.8) is 0 Å². The highest BCUT2D eigenvalue weighted by atomic mass is 16.3. The number of aromatic hydroxyl groups is 1. The number of carbonyl (C=O) groups excluding carboxylic acids is 1. The predicted molar refractivity (Wildman–Crippen MR) is 70.4 cm³/mol. The summed E-state index contributed by atoms with van der Waals surface area (Å²) in [5.74, 6) is 0.720. The van der Waals surface area contributed by atoms with Crippen LogP contribution in [-0.2, 0) is 6.42 Å². The number of benzene rings is 1. The molecule has 1 aromatic rings. The highest BCUT2D eigenvalue weighted by Gasteiger charge is 2.20. The summed E-state index contributed by atoms with van der Waals surface area (Å²) < 4.78 is 0. The molecule has 2 nitrogen and oxygen atoms in total. The van der Waals surface area contributed by atoms with Gasteiger partial charge in [0.05, 0.1) is 5.56 Å². The van der Waals surface area contributed by atoms with Gasteiger partial charge < -0.3 is 5.11 Å². The average Bonchev–Trinajstić information content (AvgIpc) is 2.18. The van der Waals surface area contributed by atoms with Crippen LogP contribution < -0.4 is 0 Å². The van der Waals surface area contributed by atoms with Gasteiger partial charge in [0.1, 0.15) is 5.75 Å². The molecule has 0 saturated carbocycles. The maximum absolute atomic E-state index is 10.8. The number of aldehydes is 1. The number of phenols is 1. The molecule has 0 aromatic heterocycles. The first-order chi connectivity index (χ1) is 7.84. The maximum Gasteiger partial charge on any atom is 0.153 e. The number of phenolic OH excluding ortho intramolecular Hbond substituents is 1. The molecule has 0 aliphatic carbocycles. The fourth-order valence-corrected chi connectivity index (χ4v) is 2.54. The molecule has 0 amide bonds. The summed E-state index contributed by atoms with van der Waals surface area (Å²) in [6.45, 7) is 8.91. The van der Waals surface area contributed by atoms with Gasteiger partial charge in [0.25, 0.3) is 0 Å². The third-order valence-corrected chi connectivity index (χ3v) is 2.86. The zero-order valence-electron chi connectivity index (χ0n) is 11.2. The third kappa shape index (κ3) is 4.22. The first kappa shape index (κ1) is 13.8. The largest absolute Gasteiger partial charge is 0.507 e. The van der Waals surface area contributed by atoms with Crippen molar-refractivity contribution in [2.75, 3.05) is 0 Å². The van der Waals surface area contributed by atoms with Crippen LogP contribution in [0.4, 0.5) is 0 Å². The van der Waals surface area contributed by atoms with Gasteiger partial charge >= 0.3 is 0 Å². The molecule has 0 fully saturated rings. The Hall–Kier alpha value is -1.31. The fraction of sp³-hybridized carbons (Fsp3) is 0.533. The van der Waals surface area contributed by atoms with E-state index < -0.39 is 0 Å². The molecule has 94 valence electrons. The second-order valence-corrected chi connectivity index (χ2v) is 5.95. The Balaban J connectivity index is 2.84. The molecule has 0 atom stereocenters. The molecule has 0 bridgehead atoms. The van der Waals surface area contributed by atoms with Gasteiger partial charge in [0, 0.05) is 0 Å². The van der Waals surface area contributed by atoms with Crippen molar-refractivity contribution in [3.8, 4) is 5.75 Å². The highest BCUT2D eigenvalue weighted by Crippen LogP contribution is 2.30. The van der Waals surface area contributed by atoms with Crippen molar-refractivity contribution < 1.29 is 9.90 Å². The molecule has 17 heavy (non-hydrogen) atoms. The maximum atomic E-state index is 10.8. The summed E-state index contributed by atoms with van der Waals surface area (Å²) in [4.78, 5) is 10.8. The summed E-state index contributed by atoms with van der Waals surface area (Å²) in [7, 11) is 0. The average molecular weight is 234 g/mol. The molecule has 1 N–H and O–H groups in total. The van der Waals surface area contributed by atoms with Crippen LogP contribution in [0.5, 0.6) is 5.75 Å². The van der Waals surface area contributed by atoms with Crippen LogP contribution in [0.3, 0.4) is 0 Å². The fourth-order valence-electron chi connectivity index (χ4n) is 2.54. The standard InChI is InChI=1S/C15H22O2/c1-11(2)8-15(3,4)9-12-5-6-14(17)13(7-12)10-16/h5-7,10-11,17H,8-9H2,1-4H3. The summed E-state index contributed by atoms with van der Waals surface area (Å²) in [5.41, 5.74) is 1.70. The lowest BCUT2D eigenvalue weighted by Crippen LogP contribution is -2.17.